The summed E-state index contributed by atoms with van der Waals surface area (Å²) in [5.74, 6) is 0.900. The topological polar surface area (TPSA) is 35.2 Å². The zero-order chi connectivity index (χ0) is 13.7. The van der Waals surface area contributed by atoms with Crippen LogP contribution >= 0.6 is 27.3 Å². The molecule has 2 nitrogen and oxygen atoms in total. The maximum absolute atomic E-state index is 6.19. The van der Waals surface area contributed by atoms with Gasteiger partial charge in [-0.25, -0.2) is 0 Å². The van der Waals surface area contributed by atoms with Gasteiger partial charge in [0.15, 0.2) is 0 Å². The molecule has 102 valence electrons. The third-order valence-corrected chi connectivity index (χ3v) is 4.70. The van der Waals surface area contributed by atoms with Crippen LogP contribution in [0, 0.1) is 0 Å². The molecule has 0 aliphatic heterocycles. The van der Waals surface area contributed by atoms with E-state index < -0.39 is 0 Å². The minimum absolute atomic E-state index is 0.215. The van der Waals surface area contributed by atoms with Crippen LogP contribution in [-0.4, -0.2) is 13.2 Å². The summed E-state index contributed by atoms with van der Waals surface area (Å²) in [6.45, 7) is 0. The minimum atomic E-state index is 0.215. The molecule has 1 unspecified atom stereocenters. The van der Waals surface area contributed by atoms with Crippen molar-refractivity contribution in [1.82, 2.24) is 0 Å². The van der Waals surface area contributed by atoms with Crippen LogP contribution in [-0.2, 0) is 12.8 Å². The van der Waals surface area contributed by atoms with E-state index in [1.54, 1.807) is 18.4 Å². The fourth-order valence-corrected chi connectivity index (χ4v) is 3.54. The SMILES string of the molecule is COc1ccc(CCC(N)Cc2ccc(Br)s2)cc1. The van der Waals surface area contributed by atoms with Crippen molar-refractivity contribution in [2.24, 2.45) is 5.73 Å². The summed E-state index contributed by atoms with van der Waals surface area (Å²) >= 11 is 5.24. The van der Waals surface area contributed by atoms with Gasteiger partial charge in [0, 0.05) is 10.9 Å². The molecule has 4 heteroatoms. The molecule has 0 aliphatic carbocycles. The lowest BCUT2D eigenvalue weighted by Crippen LogP contribution is -2.23. The van der Waals surface area contributed by atoms with E-state index >= 15 is 0 Å². The molecule has 1 aromatic heterocycles. The normalized spacial score (nSPS) is 12.4. The van der Waals surface area contributed by atoms with Gasteiger partial charge in [-0.15, -0.1) is 11.3 Å². The van der Waals surface area contributed by atoms with E-state index in [9.17, 15) is 0 Å². The molecular formula is C15H18BrNOS. The second kappa shape index (κ2) is 7.08. The lowest BCUT2D eigenvalue weighted by Gasteiger charge is -2.10. The molecule has 0 spiro atoms. The van der Waals surface area contributed by atoms with E-state index in [4.69, 9.17) is 10.5 Å². The Morgan fingerprint density at radius 1 is 1.21 bits per heavy atom. The lowest BCUT2D eigenvalue weighted by atomic mass is 10.0. The highest BCUT2D eigenvalue weighted by atomic mass is 79.9. The van der Waals surface area contributed by atoms with Gasteiger partial charge >= 0.3 is 0 Å². The van der Waals surface area contributed by atoms with Gasteiger partial charge in [-0.05, 0) is 65.0 Å². The molecule has 1 aromatic carbocycles. The number of ether oxygens (including phenoxy) is 1. The van der Waals surface area contributed by atoms with Crippen LogP contribution in [0.4, 0.5) is 0 Å². The lowest BCUT2D eigenvalue weighted by molar-refractivity contribution is 0.414. The van der Waals surface area contributed by atoms with E-state index in [1.807, 2.05) is 12.1 Å². The van der Waals surface area contributed by atoms with E-state index in [-0.39, 0.29) is 6.04 Å². The van der Waals surface area contributed by atoms with Gasteiger partial charge in [0.05, 0.1) is 10.9 Å². The predicted octanol–water partition coefficient (Wildman–Crippen LogP) is 4.02. The number of hydrogen-bond donors (Lipinski definition) is 1. The molecule has 0 saturated carbocycles. The second-order valence-electron chi connectivity index (χ2n) is 4.56. The molecule has 0 fully saturated rings. The summed E-state index contributed by atoms with van der Waals surface area (Å²) in [4.78, 5) is 1.34. The second-order valence-corrected chi connectivity index (χ2v) is 7.10. The average molecular weight is 340 g/mol. The smallest absolute Gasteiger partial charge is 0.118 e. The number of rotatable bonds is 6. The molecule has 2 N–H and O–H groups in total. The molecule has 2 aromatic rings. The number of aryl methyl sites for hydroxylation is 1. The fraction of sp³-hybridized carbons (Fsp3) is 0.333. The van der Waals surface area contributed by atoms with Crippen LogP contribution in [0.15, 0.2) is 40.2 Å². The van der Waals surface area contributed by atoms with Crippen molar-refractivity contribution in [3.63, 3.8) is 0 Å². The molecule has 0 amide bonds. The highest BCUT2D eigenvalue weighted by molar-refractivity contribution is 9.11. The van der Waals surface area contributed by atoms with Gasteiger partial charge in [0.25, 0.3) is 0 Å². The first-order valence-corrected chi connectivity index (χ1v) is 7.91. The Kier molecular flexibility index (Phi) is 5.43. The Hall–Kier alpha value is -0.840. The third-order valence-electron chi connectivity index (χ3n) is 3.06. The van der Waals surface area contributed by atoms with Crippen molar-refractivity contribution < 1.29 is 4.74 Å². The first kappa shape index (κ1) is 14.6. The number of hydrogen-bond acceptors (Lipinski definition) is 3. The van der Waals surface area contributed by atoms with E-state index in [1.165, 1.54) is 14.2 Å². The van der Waals surface area contributed by atoms with Gasteiger partial charge in [-0.3, -0.25) is 0 Å². The van der Waals surface area contributed by atoms with Crippen molar-refractivity contribution >= 4 is 27.3 Å². The molecule has 1 atom stereocenters. The van der Waals surface area contributed by atoms with Crippen LogP contribution in [0.2, 0.25) is 0 Å². The summed E-state index contributed by atoms with van der Waals surface area (Å²) in [5, 5.41) is 0. The summed E-state index contributed by atoms with van der Waals surface area (Å²) in [6, 6.07) is 12.6. The molecular weight excluding hydrogens is 322 g/mol. The van der Waals surface area contributed by atoms with Crippen molar-refractivity contribution in [1.29, 1.82) is 0 Å². The highest BCUT2D eigenvalue weighted by Gasteiger charge is 2.07. The van der Waals surface area contributed by atoms with E-state index in [0.29, 0.717) is 0 Å². The number of benzene rings is 1. The predicted molar refractivity (Wildman–Crippen MR) is 85.0 cm³/mol. The minimum Gasteiger partial charge on any atom is -0.497 e. The third kappa shape index (κ3) is 4.64. The van der Waals surface area contributed by atoms with E-state index in [0.717, 1.165) is 25.0 Å². The number of nitrogens with two attached hydrogens (primary N) is 1. The summed E-state index contributed by atoms with van der Waals surface area (Å²) in [6.07, 6.45) is 2.96. The molecule has 1 heterocycles. The Morgan fingerprint density at radius 2 is 1.95 bits per heavy atom. The van der Waals surface area contributed by atoms with Gasteiger partial charge in [0.2, 0.25) is 0 Å². The maximum atomic E-state index is 6.19. The van der Waals surface area contributed by atoms with Gasteiger partial charge < -0.3 is 10.5 Å². The zero-order valence-electron chi connectivity index (χ0n) is 10.9. The summed E-state index contributed by atoms with van der Waals surface area (Å²) < 4.78 is 6.32. The molecule has 0 radical (unpaired) electrons. The number of methoxy groups -OCH3 is 1. The Bertz CT molecular complexity index is 509. The van der Waals surface area contributed by atoms with Crippen molar-refractivity contribution in [3.8, 4) is 5.75 Å². The zero-order valence-corrected chi connectivity index (χ0v) is 13.3. The summed E-state index contributed by atoms with van der Waals surface area (Å²) in [7, 11) is 1.68. The fourth-order valence-electron chi connectivity index (χ4n) is 1.97. The molecule has 2 rings (SSSR count). The first-order valence-electron chi connectivity index (χ1n) is 6.30. The van der Waals surface area contributed by atoms with Gasteiger partial charge in [-0.1, -0.05) is 12.1 Å². The number of thiophene rings is 1. The standard InChI is InChI=1S/C15H18BrNOS/c1-18-13-6-3-11(4-7-13)2-5-12(17)10-14-8-9-15(16)19-14/h3-4,6-9,12H,2,5,10,17H2,1H3. The van der Waals surface area contributed by atoms with Crippen molar-refractivity contribution in [3.05, 3.63) is 50.6 Å². The van der Waals surface area contributed by atoms with Gasteiger partial charge in [-0.2, -0.15) is 0 Å². The Balaban J connectivity index is 1.80. The van der Waals surface area contributed by atoms with Crippen LogP contribution in [0.5, 0.6) is 5.75 Å². The van der Waals surface area contributed by atoms with Crippen molar-refractivity contribution in [2.75, 3.05) is 7.11 Å². The van der Waals surface area contributed by atoms with Crippen molar-refractivity contribution in [2.45, 2.75) is 25.3 Å². The van der Waals surface area contributed by atoms with E-state index in [2.05, 4.69) is 40.2 Å². The van der Waals surface area contributed by atoms with Crippen LogP contribution in [0.1, 0.15) is 16.9 Å². The first-order chi connectivity index (χ1) is 9.17. The Labute approximate surface area is 126 Å². The molecule has 0 aliphatic rings. The average Bonchev–Trinajstić information content (AvgIpc) is 2.82. The van der Waals surface area contributed by atoms with Gasteiger partial charge in [0.1, 0.15) is 5.75 Å². The molecule has 0 saturated heterocycles. The largest absolute Gasteiger partial charge is 0.497 e. The number of halogens is 1. The monoisotopic (exact) mass is 339 g/mol. The van der Waals surface area contributed by atoms with Crippen LogP contribution < -0.4 is 10.5 Å². The Morgan fingerprint density at radius 3 is 2.53 bits per heavy atom. The highest BCUT2D eigenvalue weighted by Crippen LogP contribution is 2.23. The summed E-state index contributed by atoms with van der Waals surface area (Å²) in [5.41, 5.74) is 7.49. The van der Waals surface area contributed by atoms with Crippen LogP contribution in [0.25, 0.3) is 0 Å². The van der Waals surface area contributed by atoms with Crippen LogP contribution in [0.3, 0.4) is 0 Å². The maximum Gasteiger partial charge on any atom is 0.118 e. The quantitative estimate of drug-likeness (QED) is 0.862. The molecule has 0 bridgehead atoms. The molecule has 19 heavy (non-hydrogen) atoms.